The smallest absolute Gasteiger partial charge is 0.227 e. The van der Waals surface area contributed by atoms with Gasteiger partial charge in [0.1, 0.15) is 0 Å². The molecule has 1 saturated carbocycles. The highest BCUT2D eigenvalue weighted by atomic mass is 16.5. The number of carbonyl (C=O) groups excluding carboxylic acids is 2. The van der Waals surface area contributed by atoms with Gasteiger partial charge in [0, 0.05) is 32.1 Å². The highest BCUT2D eigenvalue weighted by Crippen LogP contribution is 2.32. The molecule has 0 radical (unpaired) electrons. The molecule has 3 aliphatic rings. The topological polar surface area (TPSA) is 70.1 Å². The normalized spacial score (nSPS) is 30.3. The van der Waals surface area contributed by atoms with E-state index in [4.69, 9.17) is 9.84 Å². The second-order valence-electron chi connectivity index (χ2n) is 6.36. The van der Waals surface area contributed by atoms with Gasteiger partial charge in [0.05, 0.1) is 25.2 Å². The van der Waals surface area contributed by atoms with Crippen molar-refractivity contribution in [2.45, 2.75) is 31.8 Å². The van der Waals surface area contributed by atoms with Gasteiger partial charge in [-0.15, -0.1) is 0 Å². The Hall–Kier alpha value is -1.14. The zero-order valence-electron chi connectivity index (χ0n) is 12.4. The van der Waals surface area contributed by atoms with E-state index in [1.54, 1.807) is 4.90 Å². The van der Waals surface area contributed by atoms with Gasteiger partial charge in [0.2, 0.25) is 11.8 Å². The van der Waals surface area contributed by atoms with E-state index in [0.717, 1.165) is 32.2 Å². The van der Waals surface area contributed by atoms with Crippen LogP contribution in [0.25, 0.3) is 0 Å². The number of morpholine rings is 1. The minimum absolute atomic E-state index is 0.0548. The highest BCUT2D eigenvalue weighted by molar-refractivity contribution is 5.83. The van der Waals surface area contributed by atoms with Crippen molar-refractivity contribution in [3.63, 3.8) is 0 Å². The molecule has 21 heavy (non-hydrogen) atoms. The van der Waals surface area contributed by atoms with E-state index in [1.165, 1.54) is 0 Å². The number of nitrogens with zero attached hydrogens (tertiary/aromatic N) is 2. The molecule has 2 saturated heterocycles. The zero-order valence-corrected chi connectivity index (χ0v) is 12.4. The maximum Gasteiger partial charge on any atom is 0.227 e. The van der Waals surface area contributed by atoms with Crippen LogP contribution in [-0.2, 0) is 14.3 Å². The molecule has 2 heterocycles. The summed E-state index contributed by atoms with van der Waals surface area (Å²) in [7, 11) is 0. The Balaban J connectivity index is 1.57. The van der Waals surface area contributed by atoms with Crippen LogP contribution in [0.5, 0.6) is 0 Å². The molecule has 0 spiro atoms. The van der Waals surface area contributed by atoms with Crippen LogP contribution in [0.1, 0.15) is 25.7 Å². The van der Waals surface area contributed by atoms with Gasteiger partial charge in [-0.3, -0.25) is 9.59 Å². The predicted octanol–water partition coefficient (Wildman–Crippen LogP) is -0.145. The molecule has 0 aromatic rings. The zero-order chi connectivity index (χ0) is 14.8. The minimum Gasteiger partial charge on any atom is -0.394 e. The standard InChI is InChI=1S/C15H24N2O4/c18-10-13-9-17(6-7-21-13)15(20)12-2-1-5-16(8-12)14(19)11-3-4-11/h11-13,18H,1-10H2. The Morgan fingerprint density at radius 1 is 1.00 bits per heavy atom. The van der Waals surface area contributed by atoms with Crippen molar-refractivity contribution in [3.05, 3.63) is 0 Å². The Morgan fingerprint density at radius 2 is 1.71 bits per heavy atom. The van der Waals surface area contributed by atoms with Gasteiger partial charge < -0.3 is 19.6 Å². The number of hydrogen-bond donors (Lipinski definition) is 1. The second-order valence-corrected chi connectivity index (χ2v) is 6.36. The average Bonchev–Trinajstić information content (AvgIpc) is 3.38. The molecule has 0 bridgehead atoms. The molecule has 2 unspecified atom stereocenters. The molecule has 3 fully saturated rings. The highest BCUT2D eigenvalue weighted by Gasteiger charge is 2.38. The van der Waals surface area contributed by atoms with Crippen LogP contribution in [0, 0.1) is 11.8 Å². The summed E-state index contributed by atoms with van der Waals surface area (Å²) in [6.07, 6.45) is 3.51. The van der Waals surface area contributed by atoms with Gasteiger partial charge in [-0.05, 0) is 25.7 Å². The number of aliphatic hydroxyl groups is 1. The molecule has 3 rings (SSSR count). The maximum atomic E-state index is 12.6. The summed E-state index contributed by atoms with van der Waals surface area (Å²) < 4.78 is 5.39. The molecule has 2 aliphatic heterocycles. The molecule has 118 valence electrons. The number of aliphatic hydroxyl groups excluding tert-OH is 1. The lowest BCUT2D eigenvalue weighted by Gasteiger charge is -2.38. The third-order valence-electron chi connectivity index (χ3n) is 4.66. The Morgan fingerprint density at radius 3 is 2.43 bits per heavy atom. The van der Waals surface area contributed by atoms with Crippen LogP contribution in [-0.4, -0.2) is 72.2 Å². The summed E-state index contributed by atoms with van der Waals surface area (Å²) in [5.74, 6) is 0.493. The first-order valence-electron chi connectivity index (χ1n) is 7.99. The number of ether oxygens (including phenoxy) is 1. The van der Waals surface area contributed by atoms with Gasteiger partial charge in [0.15, 0.2) is 0 Å². The number of carbonyl (C=O) groups is 2. The van der Waals surface area contributed by atoms with E-state index in [2.05, 4.69) is 0 Å². The lowest BCUT2D eigenvalue weighted by Crippen LogP contribution is -2.52. The van der Waals surface area contributed by atoms with Crippen molar-refractivity contribution in [3.8, 4) is 0 Å². The molecular formula is C15H24N2O4. The lowest BCUT2D eigenvalue weighted by molar-refractivity contribution is -0.148. The number of rotatable bonds is 3. The van der Waals surface area contributed by atoms with E-state index < -0.39 is 0 Å². The summed E-state index contributed by atoms with van der Waals surface area (Å²) in [6.45, 7) is 2.83. The van der Waals surface area contributed by atoms with E-state index in [-0.39, 0.29) is 36.4 Å². The monoisotopic (exact) mass is 296 g/mol. The first-order chi connectivity index (χ1) is 10.2. The fourth-order valence-electron chi connectivity index (χ4n) is 3.26. The minimum atomic E-state index is -0.268. The van der Waals surface area contributed by atoms with Crippen LogP contribution >= 0.6 is 0 Å². The van der Waals surface area contributed by atoms with Gasteiger partial charge >= 0.3 is 0 Å². The molecule has 0 aromatic heterocycles. The first-order valence-corrected chi connectivity index (χ1v) is 7.99. The van der Waals surface area contributed by atoms with Gasteiger partial charge in [-0.1, -0.05) is 0 Å². The largest absolute Gasteiger partial charge is 0.394 e. The van der Waals surface area contributed by atoms with Crippen LogP contribution in [0.15, 0.2) is 0 Å². The molecule has 2 atom stereocenters. The second kappa shape index (κ2) is 6.32. The van der Waals surface area contributed by atoms with Gasteiger partial charge in [0.25, 0.3) is 0 Å². The number of hydrogen-bond acceptors (Lipinski definition) is 4. The summed E-state index contributed by atoms with van der Waals surface area (Å²) in [5, 5.41) is 9.17. The number of likely N-dealkylation sites (tertiary alicyclic amines) is 1. The first kappa shape index (κ1) is 14.8. The van der Waals surface area contributed by atoms with Gasteiger partial charge in [-0.25, -0.2) is 0 Å². The number of amides is 2. The van der Waals surface area contributed by atoms with Crippen molar-refractivity contribution in [1.29, 1.82) is 0 Å². The SMILES string of the molecule is O=C(C1CCCN(C(=O)C2CC2)C1)N1CCOC(CO)C1. The summed E-state index contributed by atoms with van der Waals surface area (Å²) >= 11 is 0. The van der Waals surface area contributed by atoms with Crippen LogP contribution in [0.4, 0.5) is 0 Å². The Bertz CT molecular complexity index is 410. The van der Waals surface area contributed by atoms with Crippen molar-refractivity contribution in [1.82, 2.24) is 9.80 Å². The van der Waals surface area contributed by atoms with Crippen molar-refractivity contribution in [2.75, 3.05) is 39.4 Å². The van der Waals surface area contributed by atoms with Gasteiger partial charge in [-0.2, -0.15) is 0 Å². The summed E-state index contributed by atoms with van der Waals surface area (Å²) in [4.78, 5) is 28.4. The third kappa shape index (κ3) is 3.37. The van der Waals surface area contributed by atoms with Crippen molar-refractivity contribution >= 4 is 11.8 Å². The van der Waals surface area contributed by atoms with Crippen molar-refractivity contribution in [2.24, 2.45) is 11.8 Å². The molecule has 1 N–H and O–H groups in total. The average molecular weight is 296 g/mol. The summed E-state index contributed by atoms with van der Waals surface area (Å²) in [5.41, 5.74) is 0. The summed E-state index contributed by atoms with van der Waals surface area (Å²) in [6, 6.07) is 0. The quantitative estimate of drug-likeness (QED) is 0.786. The molecule has 6 heteroatoms. The fraction of sp³-hybridized carbons (Fsp3) is 0.867. The number of piperidine rings is 1. The fourth-order valence-corrected chi connectivity index (χ4v) is 3.26. The van der Waals surface area contributed by atoms with Crippen molar-refractivity contribution < 1.29 is 19.4 Å². The maximum absolute atomic E-state index is 12.6. The predicted molar refractivity (Wildman–Crippen MR) is 75.4 cm³/mol. The van der Waals surface area contributed by atoms with Crippen LogP contribution in [0.3, 0.4) is 0 Å². The Kier molecular flexibility index (Phi) is 4.45. The molecular weight excluding hydrogens is 272 g/mol. The Labute approximate surface area is 125 Å². The van der Waals surface area contributed by atoms with E-state index in [9.17, 15) is 9.59 Å². The van der Waals surface area contributed by atoms with E-state index in [0.29, 0.717) is 26.2 Å². The molecule has 6 nitrogen and oxygen atoms in total. The van der Waals surface area contributed by atoms with Crippen LogP contribution < -0.4 is 0 Å². The third-order valence-corrected chi connectivity index (χ3v) is 4.66. The molecule has 0 aromatic carbocycles. The van der Waals surface area contributed by atoms with E-state index >= 15 is 0 Å². The van der Waals surface area contributed by atoms with E-state index in [1.807, 2.05) is 4.90 Å². The molecule has 2 amide bonds. The molecule has 1 aliphatic carbocycles. The lowest BCUT2D eigenvalue weighted by atomic mass is 9.95. The van der Waals surface area contributed by atoms with Crippen LogP contribution in [0.2, 0.25) is 0 Å².